The fourth-order valence-corrected chi connectivity index (χ4v) is 4.35. The van der Waals surface area contributed by atoms with Gasteiger partial charge < -0.3 is 0 Å². The number of fused-ring (bicyclic) bond motifs is 1. The van der Waals surface area contributed by atoms with Gasteiger partial charge in [-0.3, -0.25) is 14.2 Å². The summed E-state index contributed by atoms with van der Waals surface area (Å²) in [5, 5.41) is 6.13. The van der Waals surface area contributed by atoms with Crippen LogP contribution in [0.15, 0.2) is 87.8 Å². The number of rotatable bonds is 6. The van der Waals surface area contributed by atoms with Crippen molar-refractivity contribution in [3.05, 3.63) is 98.8 Å². The lowest BCUT2D eigenvalue weighted by atomic mass is 10.1. The molecular formula is C24H18Cl2N4O2S. The number of carbonyl (C=O) groups excluding carboxylic acids is 1. The van der Waals surface area contributed by atoms with E-state index in [1.807, 2.05) is 24.3 Å². The fraction of sp³-hybridized carbons (Fsp3) is 0.0833. The van der Waals surface area contributed by atoms with E-state index in [-0.39, 0.29) is 17.2 Å². The van der Waals surface area contributed by atoms with E-state index in [0.717, 1.165) is 17.3 Å². The van der Waals surface area contributed by atoms with E-state index in [2.05, 4.69) is 15.5 Å². The van der Waals surface area contributed by atoms with Crippen LogP contribution >= 0.6 is 35.0 Å². The Labute approximate surface area is 204 Å². The second-order valence-corrected chi connectivity index (χ2v) is 8.82. The lowest BCUT2D eigenvalue weighted by Gasteiger charge is -2.13. The summed E-state index contributed by atoms with van der Waals surface area (Å²) in [4.78, 5) is 30.3. The molecule has 3 aromatic carbocycles. The van der Waals surface area contributed by atoms with E-state index in [9.17, 15) is 9.59 Å². The number of hydrogen-bond donors (Lipinski definition) is 1. The monoisotopic (exact) mass is 496 g/mol. The first-order valence-corrected chi connectivity index (χ1v) is 11.7. The SMILES string of the molecule is CC(=NNC(=O)CSc1nc2ccccc2c(=O)n1-c1ccc(Cl)cc1)c1ccccc1Cl. The molecular weight excluding hydrogens is 479 g/mol. The van der Waals surface area contributed by atoms with Gasteiger partial charge in [-0.2, -0.15) is 5.10 Å². The van der Waals surface area contributed by atoms with Crippen molar-refractivity contribution in [1.29, 1.82) is 0 Å². The maximum atomic E-state index is 13.2. The molecule has 0 bridgehead atoms. The molecule has 1 heterocycles. The maximum absolute atomic E-state index is 13.2. The van der Waals surface area contributed by atoms with Gasteiger partial charge in [-0.05, 0) is 49.4 Å². The first-order chi connectivity index (χ1) is 15.9. The van der Waals surface area contributed by atoms with Gasteiger partial charge in [0.15, 0.2) is 5.16 Å². The van der Waals surface area contributed by atoms with Crippen LogP contribution in [-0.4, -0.2) is 26.9 Å². The summed E-state index contributed by atoms with van der Waals surface area (Å²) in [6, 6.07) is 21.2. The van der Waals surface area contributed by atoms with Crippen molar-refractivity contribution in [2.24, 2.45) is 5.10 Å². The Hall–Kier alpha value is -3.13. The maximum Gasteiger partial charge on any atom is 0.266 e. The van der Waals surface area contributed by atoms with E-state index in [1.54, 1.807) is 55.5 Å². The largest absolute Gasteiger partial charge is 0.272 e. The molecule has 9 heteroatoms. The summed E-state index contributed by atoms with van der Waals surface area (Å²) >= 11 is 13.3. The molecule has 4 rings (SSSR count). The number of nitrogens with one attached hydrogen (secondary N) is 1. The van der Waals surface area contributed by atoms with Crippen molar-refractivity contribution in [2.45, 2.75) is 12.1 Å². The number of hydrogen-bond acceptors (Lipinski definition) is 5. The molecule has 1 aromatic heterocycles. The molecule has 1 N–H and O–H groups in total. The average molecular weight is 497 g/mol. The minimum atomic E-state index is -0.337. The molecule has 0 radical (unpaired) electrons. The Morgan fingerprint density at radius 3 is 2.48 bits per heavy atom. The molecule has 4 aromatic rings. The van der Waals surface area contributed by atoms with E-state index in [0.29, 0.717) is 37.5 Å². The zero-order chi connectivity index (χ0) is 23.4. The third kappa shape index (κ3) is 5.27. The molecule has 0 aliphatic heterocycles. The van der Waals surface area contributed by atoms with Crippen LogP contribution in [-0.2, 0) is 4.79 Å². The van der Waals surface area contributed by atoms with Gasteiger partial charge in [0.1, 0.15) is 0 Å². The van der Waals surface area contributed by atoms with Crippen LogP contribution in [0.3, 0.4) is 0 Å². The highest BCUT2D eigenvalue weighted by Crippen LogP contribution is 2.22. The van der Waals surface area contributed by atoms with Crippen LogP contribution in [0.5, 0.6) is 0 Å². The lowest BCUT2D eigenvalue weighted by Crippen LogP contribution is -2.24. The van der Waals surface area contributed by atoms with Crippen molar-refractivity contribution in [2.75, 3.05) is 5.75 Å². The summed E-state index contributed by atoms with van der Waals surface area (Å²) in [7, 11) is 0. The summed E-state index contributed by atoms with van der Waals surface area (Å²) in [6.07, 6.45) is 0. The van der Waals surface area contributed by atoms with Gasteiger partial charge in [-0.1, -0.05) is 65.3 Å². The highest BCUT2D eigenvalue weighted by molar-refractivity contribution is 7.99. The van der Waals surface area contributed by atoms with Gasteiger partial charge in [0.05, 0.1) is 28.1 Å². The molecule has 6 nitrogen and oxygen atoms in total. The standard InChI is InChI=1S/C24H18Cl2N4O2S/c1-15(18-6-2-4-8-20(18)26)28-29-22(31)14-33-24-27-21-9-5-3-7-19(21)23(32)30(24)17-12-10-16(25)11-13-17/h2-13H,14H2,1H3,(H,29,31). The van der Waals surface area contributed by atoms with Crippen molar-refractivity contribution in [3.8, 4) is 5.69 Å². The molecule has 1 amide bonds. The van der Waals surface area contributed by atoms with Crippen LogP contribution in [0.2, 0.25) is 10.0 Å². The van der Waals surface area contributed by atoms with Gasteiger partial charge in [-0.15, -0.1) is 0 Å². The molecule has 0 unspecified atom stereocenters. The number of nitrogens with zero attached hydrogens (tertiary/aromatic N) is 3. The first-order valence-electron chi connectivity index (χ1n) is 9.92. The molecule has 0 atom stereocenters. The third-order valence-electron chi connectivity index (χ3n) is 4.77. The normalized spacial score (nSPS) is 11.5. The van der Waals surface area contributed by atoms with Gasteiger partial charge in [0.25, 0.3) is 11.5 Å². The zero-order valence-electron chi connectivity index (χ0n) is 17.5. The smallest absolute Gasteiger partial charge is 0.266 e. The summed E-state index contributed by atoms with van der Waals surface area (Å²) in [5.74, 6) is -0.325. The average Bonchev–Trinajstić information content (AvgIpc) is 2.82. The van der Waals surface area contributed by atoms with Crippen LogP contribution in [0.1, 0.15) is 12.5 Å². The van der Waals surface area contributed by atoms with E-state index in [4.69, 9.17) is 23.2 Å². The predicted molar refractivity (Wildman–Crippen MR) is 135 cm³/mol. The van der Waals surface area contributed by atoms with Crippen LogP contribution in [0, 0.1) is 0 Å². The highest BCUT2D eigenvalue weighted by Gasteiger charge is 2.15. The van der Waals surface area contributed by atoms with Crippen LogP contribution < -0.4 is 11.0 Å². The number of halogens is 2. The van der Waals surface area contributed by atoms with Crippen molar-refractivity contribution < 1.29 is 4.79 Å². The van der Waals surface area contributed by atoms with Gasteiger partial charge in [-0.25, -0.2) is 10.4 Å². The fourth-order valence-electron chi connectivity index (χ4n) is 3.15. The van der Waals surface area contributed by atoms with Crippen LogP contribution in [0.25, 0.3) is 16.6 Å². The molecule has 33 heavy (non-hydrogen) atoms. The van der Waals surface area contributed by atoms with Gasteiger partial charge in [0, 0.05) is 15.6 Å². The Bertz CT molecular complexity index is 1420. The Morgan fingerprint density at radius 1 is 1.03 bits per heavy atom. The van der Waals surface area contributed by atoms with Crippen molar-refractivity contribution in [3.63, 3.8) is 0 Å². The number of benzene rings is 3. The highest BCUT2D eigenvalue weighted by atomic mass is 35.5. The Kier molecular flexibility index (Phi) is 7.13. The molecule has 166 valence electrons. The summed E-state index contributed by atoms with van der Waals surface area (Å²) in [5.41, 5.74) is 4.80. The molecule has 0 aliphatic rings. The van der Waals surface area contributed by atoms with Crippen molar-refractivity contribution in [1.82, 2.24) is 15.0 Å². The number of para-hydroxylation sites is 1. The Morgan fingerprint density at radius 2 is 1.73 bits per heavy atom. The Balaban J connectivity index is 1.59. The molecule has 0 aliphatic carbocycles. The van der Waals surface area contributed by atoms with Crippen LogP contribution in [0.4, 0.5) is 0 Å². The minimum absolute atomic E-state index is 0.0116. The predicted octanol–water partition coefficient (Wildman–Crippen LogP) is 5.33. The third-order valence-corrected chi connectivity index (χ3v) is 6.29. The second-order valence-electron chi connectivity index (χ2n) is 7.03. The quantitative estimate of drug-likeness (QED) is 0.169. The first kappa shape index (κ1) is 23.0. The van der Waals surface area contributed by atoms with E-state index < -0.39 is 0 Å². The topological polar surface area (TPSA) is 76.3 Å². The summed E-state index contributed by atoms with van der Waals surface area (Å²) < 4.78 is 1.48. The second kappa shape index (κ2) is 10.2. The molecule has 0 fully saturated rings. The van der Waals surface area contributed by atoms with Crippen molar-refractivity contribution >= 4 is 57.5 Å². The number of carbonyl (C=O) groups is 1. The van der Waals surface area contributed by atoms with E-state index in [1.165, 1.54) is 4.57 Å². The molecule has 0 saturated carbocycles. The van der Waals surface area contributed by atoms with E-state index >= 15 is 0 Å². The lowest BCUT2D eigenvalue weighted by molar-refractivity contribution is -0.118. The zero-order valence-corrected chi connectivity index (χ0v) is 19.8. The number of amides is 1. The molecule has 0 spiro atoms. The van der Waals surface area contributed by atoms with Gasteiger partial charge in [0.2, 0.25) is 0 Å². The minimum Gasteiger partial charge on any atom is -0.272 e. The van der Waals surface area contributed by atoms with Gasteiger partial charge >= 0.3 is 0 Å². The number of hydrazone groups is 1. The molecule has 0 saturated heterocycles. The number of thioether (sulfide) groups is 1. The number of aromatic nitrogens is 2. The summed E-state index contributed by atoms with van der Waals surface area (Å²) in [6.45, 7) is 1.76.